The number of aromatic nitrogens is 1. The van der Waals surface area contributed by atoms with Gasteiger partial charge in [0, 0.05) is 54.5 Å². The van der Waals surface area contributed by atoms with Gasteiger partial charge in [0.2, 0.25) is 5.92 Å². The number of nitrogens with one attached hydrogen (secondary N) is 1. The van der Waals surface area contributed by atoms with E-state index in [9.17, 15) is 27.0 Å². The molecule has 0 radical (unpaired) electrons. The van der Waals surface area contributed by atoms with Gasteiger partial charge in [-0.25, -0.2) is 27.2 Å². The maximum Gasteiger partial charge on any atom is 0.439 e. The van der Waals surface area contributed by atoms with Crippen LogP contribution < -0.4 is 10.2 Å². The number of halogens is 4. The first kappa shape index (κ1) is 29.3. The van der Waals surface area contributed by atoms with Gasteiger partial charge in [-0.2, -0.15) is 0 Å². The van der Waals surface area contributed by atoms with Crippen molar-refractivity contribution < 1.29 is 32.1 Å². The Kier molecular flexibility index (Phi) is 8.41. The second-order valence-electron chi connectivity index (χ2n) is 9.48. The van der Waals surface area contributed by atoms with Crippen molar-refractivity contribution in [1.29, 1.82) is 0 Å². The summed E-state index contributed by atoms with van der Waals surface area (Å²) < 4.78 is 58.5. The number of carboxylic acid groups (broad SMARTS) is 1. The van der Waals surface area contributed by atoms with Gasteiger partial charge in [-0.3, -0.25) is 4.79 Å². The molecule has 1 aromatic heterocycles. The van der Waals surface area contributed by atoms with Gasteiger partial charge in [-0.1, -0.05) is 23.7 Å². The van der Waals surface area contributed by atoms with Crippen molar-refractivity contribution in [2.45, 2.75) is 37.0 Å². The van der Waals surface area contributed by atoms with Crippen LogP contribution in [-0.2, 0) is 9.73 Å². The van der Waals surface area contributed by atoms with Crippen LogP contribution in [-0.4, -0.2) is 51.6 Å². The number of pyridine rings is 1. The normalized spacial score (nSPS) is 16.5. The van der Waals surface area contributed by atoms with Crippen molar-refractivity contribution in [2.24, 2.45) is 4.36 Å². The number of carbonyl (C=O) groups is 2. The second kappa shape index (κ2) is 11.5. The summed E-state index contributed by atoms with van der Waals surface area (Å²) in [7, 11) is -3.30. The van der Waals surface area contributed by atoms with E-state index in [2.05, 4.69) is 14.7 Å². The molecule has 2 aromatic carbocycles. The van der Waals surface area contributed by atoms with Crippen molar-refractivity contribution in [3.8, 4) is 11.1 Å². The molecule has 0 spiro atoms. The monoisotopic (exact) mass is 594 g/mol. The van der Waals surface area contributed by atoms with Crippen molar-refractivity contribution in [3.05, 3.63) is 70.6 Å². The molecule has 0 bridgehead atoms. The fourth-order valence-corrected chi connectivity index (χ4v) is 5.73. The highest BCUT2D eigenvalue weighted by atomic mass is 35.5. The maximum atomic E-state index is 14.3. The number of nitrogens with zero attached hydrogens (tertiary/aromatic N) is 3. The quantitative estimate of drug-likeness (QED) is 0.334. The Morgan fingerprint density at radius 3 is 2.62 bits per heavy atom. The van der Waals surface area contributed by atoms with Gasteiger partial charge in [0.05, 0.1) is 20.3 Å². The molecule has 2 heterocycles. The molecule has 3 aromatic rings. The minimum absolute atomic E-state index is 0.0291. The van der Waals surface area contributed by atoms with Gasteiger partial charge in [0.25, 0.3) is 5.91 Å². The number of hydrogen-bond acceptors (Lipinski definition) is 5. The van der Waals surface area contributed by atoms with Crippen LogP contribution in [0.4, 0.5) is 29.5 Å². The molecular weight excluding hydrogens is 569 g/mol. The minimum atomic E-state index is -3.30. The third kappa shape index (κ3) is 6.56. The molecule has 40 heavy (non-hydrogen) atoms. The number of benzene rings is 2. The molecule has 13 heteroatoms. The fraction of sp³-hybridized carbons (Fsp3) is 0.296. The summed E-state index contributed by atoms with van der Waals surface area (Å²) in [5.41, 5.74) is 1.58. The first-order valence-corrected chi connectivity index (χ1v) is 14.5. The van der Waals surface area contributed by atoms with E-state index in [1.165, 1.54) is 42.6 Å². The first-order valence-electron chi connectivity index (χ1n) is 12.2. The molecular formula is C27H26ClF3N4O4S. The molecule has 1 aliphatic heterocycles. The molecule has 2 N–H and O–H groups in total. The number of amides is 2. The smallest absolute Gasteiger partial charge is 0.439 e. The van der Waals surface area contributed by atoms with Crippen LogP contribution in [0.2, 0.25) is 5.02 Å². The summed E-state index contributed by atoms with van der Waals surface area (Å²) in [6.45, 7) is 1.87. The molecule has 1 fully saturated rings. The lowest BCUT2D eigenvalue weighted by atomic mass is 9.97. The third-order valence-electron chi connectivity index (χ3n) is 6.58. The molecule has 1 saturated heterocycles. The lowest BCUT2D eigenvalue weighted by Gasteiger charge is -2.26. The van der Waals surface area contributed by atoms with E-state index < -0.39 is 39.9 Å². The van der Waals surface area contributed by atoms with Crippen LogP contribution in [0.5, 0.6) is 0 Å². The molecule has 2 amide bonds. The zero-order valence-corrected chi connectivity index (χ0v) is 23.2. The van der Waals surface area contributed by atoms with Crippen molar-refractivity contribution in [1.82, 2.24) is 4.98 Å². The summed E-state index contributed by atoms with van der Waals surface area (Å²) in [5, 5.41) is 11.6. The Bertz CT molecular complexity index is 1610. The van der Waals surface area contributed by atoms with Crippen molar-refractivity contribution in [3.63, 3.8) is 0 Å². The van der Waals surface area contributed by atoms with E-state index >= 15 is 0 Å². The van der Waals surface area contributed by atoms with Crippen LogP contribution in [0.3, 0.4) is 0 Å². The summed E-state index contributed by atoms with van der Waals surface area (Å²) in [5.74, 6) is -3.93. The molecule has 1 unspecified atom stereocenters. The Hall–Kier alpha value is -3.64. The van der Waals surface area contributed by atoms with Gasteiger partial charge in [0.1, 0.15) is 11.6 Å². The van der Waals surface area contributed by atoms with E-state index in [0.29, 0.717) is 16.7 Å². The van der Waals surface area contributed by atoms with Crippen LogP contribution >= 0.6 is 11.6 Å². The maximum absolute atomic E-state index is 14.3. The third-order valence-corrected chi connectivity index (χ3v) is 8.52. The number of hydrogen-bond donors (Lipinski definition) is 2. The van der Waals surface area contributed by atoms with Gasteiger partial charge in [0.15, 0.2) is 0 Å². The molecule has 8 nitrogen and oxygen atoms in total. The van der Waals surface area contributed by atoms with Crippen molar-refractivity contribution in [2.75, 3.05) is 29.6 Å². The molecule has 4 rings (SSSR count). The Labute approximate surface area is 234 Å². The zero-order chi connectivity index (χ0) is 29.2. The van der Waals surface area contributed by atoms with Gasteiger partial charge in [-0.15, -0.1) is 4.36 Å². The molecule has 0 aliphatic carbocycles. The Morgan fingerprint density at radius 2 is 1.93 bits per heavy atom. The number of carbonyl (C=O) groups excluding carboxylic acids is 1. The van der Waals surface area contributed by atoms with Crippen LogP contribution in [0.15, 0.2) is 57.9 Å². The molecule has 1 aliphatic rings. The summed E-state index contributed by atoms with van der Waals surface area (Å²) in [4.78, 5) is 30.9. The van der Waals surface area contributed by atoms with Crippen molar-refractivity contribution >= 4 is 44.8 Å². The number of anilines is 2. The Morgan fingerprint density at radius 1 is 1.18 bits per heavy atom. The van der Waals surface area contributed by atoms with E-state index in [0.717, 1.165) is 6.26 Å². The fourth-order valence-electron chi connectivity index (χ4n) is 4.54. The minimum Gasteiger partial charge on any atom is -0.463 e. The van der Waals surface area contributed by atoms with Gasteiger partial charge < -0.3 is 15.3 Å². The molecule has 1 atom stereocenters. The van der Waals surface area contributed by atoms with E-state index in [1.54, 1.807) is 17.9 Å². The predicted molar refractivity (Wildman–Crippen MR) is 148 cm³/mol. The summed E-state index contributed by atoms with van der Waals surface area (Å²) >= 11 is 5.84. The average molecular weight is 595 g/mol. The number of alkyl halides is 2. The van der Waals surface area contributed by atoms with E-state index in [1.807, 2.05) is 0 Å². The zero-order valence-electron chi connectivity index (χ0n) is 21.6. The van der Waals surface area contributed by atoms with Crippen LogP contribution in [0.25, 0.3) is 11.1 Å². The Balaban J connectivity index is 1.79. The van der Waals surface area contributed by atoms with Gasteiger partial charge in [-0.05, 0) is 54.8 Å². The van der Waals surface area contributed by atoms with E-state index in [-0.39, 0.29) is 52.9 Å². The standard InChI is InChI=1S/C27H26ClF3N4O4S/c1-16-20(17-7-8-21(28)22(29)13-17)15-32-24(35-11-4-9-27(30,31)10-12-35)23(16)25(36)33-18-5-3-6-19(14-18)40(2,39)34-26(37)38/h3,5-8,13-15H,4,9-12H2,1-2H3,(H,33,36)(H,37,38). The average Bonchev–Trinajstić information content (AvgIpc) is 3.05. The van der Waals surface area contributed by atoms with Crippen LogP contribution in [0, 0.1) is 12.7 Å². The topological polar surface area (TPSA) is 112 Å². The summed E-state index contributed by atoms with van der Waals surface area (Å²) in [6.07, 6.45) is 0.548. The second-order valence-corrected chi connectivity index (χ2v) is 12.1. The number of rotatable bonds is 5. The van der Waals surface area contributed by atoms with Crippen LogP contribution in [0.1, 0.15) is 35.2 Å². The molecule has 212 valence electrons. The largest absolute Gasteiger partial charge is 0.463 e. The SMILES string of the molecule is Cc1c(-c2ccc(Cl)c(F)c2)cnc(N2CCCC(F)(F)CC2)c1C(=O)Nc1cccc(S(C)(=O)=NC(=O)O)c1. The van der Waals surface area contributed by atoms with Gasteiger partial charge >= 0.3 is 6.09 Å². The highest BCUT2D eigenvalue weighted by Crippen LogP contribution is 2.35. The molecule has 0 saturated carbocycles. The highest BCUT2D eigenvalue weighted by molar-refractivity contribution is 7.93. The lowest BCUT2D eigenvalue weighted by Crippen LogP contribution is -2.30. The highest BCUT2D eigenvalue weighted by Gasteiger charge is 2.33. The van der Waals surface area contributed by atoms with E-state index in [4.69, 9.17) is 16.7 Å². The summed E-state index contributed by atoms with van der Waals surface area (Å²) in [6, 6.07) is 9.96. The predicted octanol–water partition coefficient (Wildman–Crippen LogP) is 6.86. The first-order chi connectivity index (χ1) is 18.8. The lowest BCUT2D eigenvalue weighted by molar-refractivity contribution is -0.0102.